The fourth-order valence-electron chi connectivity index (χ4n) is 2.28. The second-order valence-electron chi connectivity index (χ2n) is 5.18. The molecule has 1 rings (SSSR count). The van der Waals surface area contributed by atoms with Gasteiger partial charge in [0.15, 0.2) is 0 Å². The summed E-state index contributed by atoms with van der Waals surface area (Å²) in [5.74, 6) is 0.0860. The summed E-state index contributed by atoms with van der Waals surface area (Å²) in [7, 11) is 0. The second kappa shape index (κ2) is 9.78. The molecule has 1 aliphatic rings. The Kier molecular flexibility index (Phi) is 8.21. The molecular formula is C14H27N3O2. The molecule has 0 aliphatic heterocycles. The molecule has 0 aromatic carbocycles. The van der Waals surface area contributed by atoms with E-state index in [1.54, 1.807) is 0 Å². The molecule has 0 bridgehead atoms. The van der Waals surface area contributed by atoms with E-state index in [1.165, 1.54) is 19.3 Å². The van der Waals surface area contributed by atoms with Crippen molar-refractivity contribution in [1.29, 1.82) is 0 Å². The van der Waals surface area contributed by atoms with Gasteiger partial charge < -0.3 is 16.0 Å². The Bertz CT molecular complexity index is 276. The number of carbonyl (C=O) groups excluding carboxylic acids is 2. The lowest BCUT2D eigenvalue weighted by atomic mass is 9.95. The molecule has 0 aromatic heterocycles. The molecular weight excluding hydrogens is 242 g/mol. The molecule has 0 spiro atoms. The molecule has 0 heterocycles. The van der Waals surface area contributed by atoms with Crippen molar-refractivity contribution >= 4 is 11.8 Å². The molecule has 19 heavy (non-hydrogen) atoms. The van der Waals surface area contributed by atoms with E-state index in [2.05, 4.69) is 16.0 Å². The number of rotatable bonds is 8. The van der Waals surface area contributed by atoms with Gasteiger partial charge in [-0.1, -0.05) is 26.2 Å². The maximum absolute atomic E-state index is 11.7. The van der Waals surface area contributed by atoms with Gasteiger partial charge in [0.25, 0.3) is 0 Å². The van der Waals surface area contributed by atoms with Crippen molar-refractivity contribution in [2.75, 3.05) is 19.6 Å². The largest absolute Gasteiger partial charge is 0.356 e. The molecule has 5 nitrogen and oxygen atoms in total. The Morgan fingerprint density at radius 1 is 1.05 bits per heavy atom. The Balaban J connectivity index is 1.99. The predicted molar refractivity (Wildman–Crippen MR) is 75.8 cm³/mol. The molecule has 0 aromatic rings. The van der Waals surface area contributed by atoms with Crippen LogP contribution in [-0.2, 0) is 9.59 Å². The summed E-state index contributed by atoms with van der Waals surface area (Å²) < 4.78 is 0. The van der Waals surface area contributed by atoms with E-state index >= 15 is 0 Å². The maximum atomic E-state index is 11.7. The molecule has 1 saturated carbocycles. The van der Waals surface area contributed by atoms with Gasteiger partial charge in [0.2, 0.25) is 11.8 Å². The van der Waals surface area contributed by atoms with E-state index in [0.717, 1.165) is 25.8 Å². The Morgan fingerprint density at radius 2 is 1.79 bits per heavy atom. The quantitative estimate of drug-likeness (QED) is 0.574. The Labute approximate surface area is 115 Å². The summed E-state index contributed by atoms with van der Waals surface area (Å²) in [6, 6.07) is 0.357. The lowest BCUT2D eigenvalue weighted by molar-refractivity contribution is -0.122. The van der Waals surface area contributed by atoms with Gasteiger partial charge in [0, 0.05) is 25.6 Å². The van der Waals surface area contributed by atoms with Crippen molar-refractivity contribution in [3.8, 4) is 0 Å². The molecule has 0 atom stereocenters. The first kappa shape index (κ1) is 16.0. The molecule has 0 saturated heterocycles. The average Bonchev–Trinajstić information content (AvgIpc) is 2.42. The number of amides is 2. The van der Waals surface area contributed by atoms with Crippen LogP contribution < -0.4 is 16.0 Å². The summed E-state index contributed by atoms with van der Waals surface area (Å²) >= 11 is 0. The number of hydrogen-bond donors (Lipinski definition) is 3. The van der Waals surface area contributed by atoms with Crippen LogP contribution in [0, 0.1) is 0 Å². The number of nitrogens with one attached hydrogen (secondary N) is 3. The van der Waals surface area contributed by atoms with Crippen LogP contribution >= 0.6 is 0 Å². The molecule has 3 N–H and O–H groups in total. The summed E-state index contributed by atoms with van der Waals surface area (Å²) in [6.07, 6.45) is 7.31. The van der Waals surface area contributed by atoms with Crippen molar-refractivity contribution in [2.24, 2.45) is 0 Å². The van der Waals surface area contributed by atoms with Crippen molar-refractivity contribution in [2.45, 2.75) is 57.9 Å². The minimum absolute atomic E-state index is 0.0425. The van der Waals surface area contributed by atoms with Crippen LogP contribution in [0.1, 0.15) is 51.9 Å². The summed E-state index contributed by atoms with van der Waals surface area (Å²) in [6.45, 7) is 3.60. The maximum Gasteiger partial charge on any atom is 0.234 e. The van der Waals surface area contributed by atoms with Crippen LogP contribution in [-0.4, -0.2) is 37.5 Å². The first-order valence-electron chi connectivity index (χ1n) is 7.49. The molecule has 1 aliphatic carbocycles. The normalized spacial score (nSPS) is 16.1. The highest BCUT2D eigenvalue weighted by Crippen LogP contribution is 2.16. The van der Waals surface area contributed by atoms with E-state index < -0.39 is 0 Å². The topological polar surface area (TPSA) is 70.2 Å². The van der Waals surface area contributed by atoms with Crippen molar-refractivity contribution in [3.05, 3.63) is 0 Å². The van der Waals surface area contributed by atoms with Gasteiger partial charge in [0.05, 0.1) is 6.54 Å². The van der Waals surface area contributed by atoms with Crippen LogP contribution in [0.3, 0.4) is 0 Å². The fraction of sp³-hybridized carbons (Fsp3) is 0.857. The van der Waals surface area contributed by atoms with Crippen LogP contribution in [0.5, 0.6) is 0 Å². The zero-order valence-electron chi connectivity index (χ0n) is 12.0. The van der Waals surface area contributed by atoms with E-state index in [9.17, 15) is 9.59 Å². The van der Waals surface area contributed by atoms with Crippen LogP contribution in [0.4, 0.5) is 0 Å². The third kappa shape index (κ3) is 7.82. The third-order valence-corrected chi connectivity index (χ3v) is 3.36. The monoisotopic (exact) mass is 269 g/mol. The molecule has 5 heteroatoms. The van der Waals surface area contributed by atoms with Gasteiger partial charge in [-0.05, 0) is 19.3 Å². The zero-order valence-corrected chi connectivity index (χ0v) is 12.0. The zero-order chi connectivity index (χ0) is 13.9. The van der Waals surface area contributed by atoms with Crippen molar-refractivity contribution in [3.63, 3.8) is 0 Å². The number of carbonyl (C=O) groups is 2. The first-order chi connectivity index (χ1) is 9.22. The van der Waals surface area contributed by atoms with E-state index in [-0.39, 0.29) is 11.8 Å². The molecule has 110 valence electrons. The van der Waals surface area contributed by atoms with Gasteiger partial charge in [-0.2, -0.15) is 0 Å². The lowest BCUT2D eigenvalue weighted by Gasteiger charge is -2.22. The molecule has 0 radical (unpaired) electrons. The van der Waals surface area contributed by atoms with Gasteiger partial charge in [-0.3, -0.25) is 9.59 Å². The van der Waals surface area contributed by atoms with Gasteiger partial charge in [-0.15, -0.1) is 0 Å². The molecule has 0 unspecified atom stereocenters. The van der Waals surface area contributed by atoms with Crippen molar-refractivity contribution in [1.82, 2.24) is 16.0 Å². The second-order valence-corrected chi connectivity index (χ2v) is 5.18. The SMILES string of the molecule is CCCNC(=O)CCNCC(=O)NC1CCCCC1. The minimum atomic E-state index is 0.0425. The molecule has 1 fully saturated rings. The average molecular weight is 269 g/mol. The van der Waals surface area contributed by atoms with E-state index in [0.29, 0.717) is 25.6 Å². The van der Waals surface area contributed by atoms with Gasteiger partial charge >= 0.3 is 0 Å². The highest BCUT2D eigenvalue weighted by molar-refractivity contribution is 5.78. The first-order valence-corrected chi connectivity index (χ1v) is 7.49. The number of hydrogen-bond acceptors (Lipinski definition) is 3. The summed E-state index contributed by atoms with van der Waals surface area (Å²) in [5.41, 5.74) is 0. The summed E-state index contributed by atoms with van der Waals surface area (Å²) in [4.78, 5) is 23.0. The highest BCUT2D eigenvalue weighted by Gasteiger charge is 2.15. The standard InChI is InChI=1S/C14H27N3O2/c1-2-9-16-13(18)8-10-15-11-14(19)17-12-6-4-3-5-7-12/h12,15H,2-11H2,1H3,(H,16,18)(H,17,19). The van der Waals surface area contributed by atoms with E-state index in [1.807, 2.05) is 6.92 Å². The van der Waals surface area contributed by atoms with E-state index in [4.69, 9.17) is 0 Å². The minimum Gasteiger partial charge on any atom is -0.356 e. The fourth-order valence-corrected chi connectivity index (χ4v) is 2.28. The third-order valence-electron chi connectivity index (χ3n) is 3.36. The highest BCUT2D eigenvalue weighted by atomic mass is 16.2. The van der Waals surface area contributed by atoms with Gasteiger partial charge in [-0.25, -0.2) is 0 Å². The lowest BCUT2D eigenvalue weighted by Crippen LogP contribution is -2.41. The smallest absolute Gasteiger partial charge is 0.234 e. The molecule has 2 amide bonds. The van der Waals surface area contributed by atoms with Crippen LogP contribution in [0.25, 0.3) is 0 Å². The Morgan fingerprint density at radius 3 is 2.47 bits per heavy atom. The van der Waals surface area contributed by atoms with Crippen LogP contribution in [0.15, 0.2) is 0 Å². The van der Waals surface area contributed by atoms with Crippen molar-refractivity contribution < 1.29 is 9.59 Å². The summed E-state index contributed by atoms with van der Waals surface area (Å²) in [5, 5.41) is 8.86. The Hall–Kier alpha value is -1.10. The van der Waals surface area contributed by atoms with Gasteiger partial charge in [0.1, 0.15) is 0 Å². The van der Waals surface area contributed by atoms with Crippen LogP contribution in [0.2, 0.25) is 0 Å². The predicted octanol–water partition coefficient (Wildman–Crippen LogP) is 0.941.